The first kappa shape index (κ1) is 8.61. The summed E-state index contributed by atoms with van der Waals surface area (Å²) in [5.74, 6) is -1.54. The Morgan fingerprint density at radius 2 is 2.29 bits per heavy atom. The summed E-state index contributed by atoms with van der Waals surface area (Å²) in [4.78, 5) is 10.4. The van der Waals surface area contributed by atoms with E-state index in [9.17, 15) is 9.18 Å². The maximum absolute atomic E-state index is 13.2. The van der Waals surface area contributed by atoms with Crippen molar-refractivity contribution in [1.82, 2.24) is 14.6 Å². The molecule has 14 heavy (non-hydrogen) atoms. The van der Waals surface area contributed by atoms with Crippen LogP contribution in [-0.4, -0.2) is 25.7 Å². The molecule has 0 bridgehead atoms. The third-order valence-electron chi connectivity index (χ3n) is 1.76. The van der Waals surface area contributed by atoms with Crippen LogP contribution in [-0.2, 0) is 11.2 Å². The molecule has 0 aliphatic heterocycles. The maximum atomic E-state index is 13.2. The topological polar surface area (TPSA) is 67.5 Å². The van der Waals surface area contributed by atoms with Crippen LogP contribution in [0.25, 0.3) is 5.65 Å². The Labute approximate surface area is 77.8 Å². The van der Waals surface area contributed by atoms with Gasteiger partial charge in [0.25, 0.3) is 0 Å². The quantitative estimate of drug-likeness (QED) is 0.708. The highest BCUT2D eigenvalue weighted by Gasteiger charge is 2.11. The highest BCUT2D eigenvalue weighted by molar-refractivity contribution is 5.69. The lowest BCUT2D eigenvalue weighted by Gasteiger charge is -1.97. The molecule has 2 aromatic heterocycles. The van der Waals surface area contributed by atoms with E-state index < -0.39 is 11.9 Å². The fraction of sp³-hybridized carbons (Fsp3) is 0.125. The smallest absolute Gasteiger partial charge is 0.311 e. The number of nitrogens with zero attached hydrogens (tertiary/aromatic N) is 3. The number of aromatic nitrogens is 3. The van der Waals surface area contributed by atoms with E-state index in [1.807, 2.05) is 0 Å². The van der Waals surface area contributed by atoms with Crippen molar-refractivity contribution in [2.24, 2.45) is 0 Å². The van der Waals surface area contributed by atoms with E-state index in [2.05, 4.69) is 10.2 Å². The van der Waals surface area contributed by atoms with Crippen molar-refractivity contribution in [3.8, 4) is 0 Å². The molecule has 1 N–H and O–H groups in total. The first-order chi connectivity index (χ1) is 6.68. The summed E-state index contributed by atoms with van der Waals surface area (Å²) in [6.45, 7) is 0. The van der Waals surface area contributed by atoms with Gasteiger partial charge in [-0.3, -0.25) is 9.20 Å². The minimum Gasteiger partial charge on any atom is -0.481 e. The summed E-state index contributed by atoms with van der Waals surface area (Å²) in [6, 6.07) is 4.27. The first-order valence-corrected chi connectivity index (χ1v) is 3.89. The zero-order valence-electron chi connectivity index (χ0n) is 7.01. The molecule has 2 aromatic rings. The number of fused-ring (bicyclic) bond motifs is 1. The van der Waals surface area contributed by atoms with Gasteiger partial charge >= 0.3 is 5.97 Å². The average molecular weight is 195 g/mol. The van der Waals surface area contributed by atoms with E-state index in [1.54, 1.807) is 6.07 Å². The fourth-order valence-corrected chi connectivity index (χ4v) is 1.21. The van der Waals surface area contributed by atoms with Crippen LogP contribution in [0.2, 0.25) is 0 Å². The molecule has 0 fully saturated rings. The van der Waals surface area contributed by atoms with Crippen molar-refractivity contribution in [3.05, 3.63) is 30.0 Å². The molecule has 2 heterocycles. The van der Waals surface area contributed by atoms with Crippen LogP contribution in [0.4, 0.5) is 4.39 Å². The third-order valence-corrected chi connectivity index (χ3v) is 1.76. The number of rotatable bonds is 2. The van der Waals surface area contributed by atoms with E-state index in [0.29, 0.717) is 5.65 Å². The number of carbonyl (C=O) groups is 1. The SMILES string of the molecule is O=C(O)Cc1nnc2cccc(F)n12. The van der Waals surface area contributed by atoms with Crippen molar-refractivity contribution in [2.45, 2.75) is 6.42 Å². The first-order valence-electron chi connectivity index (χ1n) is 3.89. The molecule has 0 aromatic carbocycles. The summed E-state index contributed by atoms with van der Waals surface area (Å²) < 4.78 is 14.3. The Bertz CT molecular complexity index is 494. The van der Waals surface area contributed by atoms with Gasteiger partial charge in [-0.15, -0.1) is 10.2 Å². The predicted molar refractivity (Wildman–Crippen MR) is 44.3 cm³/mol. The lowest BCUT2D eigenvalue weighted by molar-refractivity contribution is -0.136. The van der Waals surface area contributed by atoms with Crippen molar-refractivity contribution in [2.75, 3.05) is 0 Å². The number of pyridine rings is 1. The Balaban J connectivity index is 2.61. The van der Waals surface area contributed by atoms with E-state index in [0.717, 1.165) is 4.40 Å². The van der Waals surface area contributed by atoms with Gasteiger partial charge in [-0.25, -0.2) is 0 Å². The van der Waals surface area contributed by atoms with Gasteiger partial charge in [0.2, 0.25) is 5.95 Å². The maximum Gasteiger partial charge on any atom is 0.311 e. The Kier molecular flexibility index (Phi) is 1.88. The molecular weight excluding hydrogens is 189 g/mol. The fourth-order valence-electron chi connectivity index (χ4n) is 1.21. The zero-order chi connectivity index (χ0) is 10.1. The van der Waals surface area contributed by atoms with Crippen LogP contribution in [0.3, 0.4) is 0 Å². The minimum absolute atomic E-state index is 0.0885. The normalized spacial score (nSPS) is 10.6. The molecule has 0 atom stereocenters. The van der Waals surface area contributed by atoms with Gasteiger partial charge in [0.05, 0.1) is 0 Å². The second-order valence-electron chi connectivity index (χ2n) is 2.73. The molecule has 0 aliphatic carbocycles. The Morgan fingerprint density at radius 3 is 3.00 bits per heavy atom. The number of aliphatic carboxylic acids is 1. The summed E-state index contributed by atoms with van der Waals surface area (Å²) in [7, 11) is 0. The molecule has 0 radical (unpaired) electrons. The monoisotopic (exact) mass is 195 g/mol. The van der Waals surface area contributed by atoms with Gasteiger partial charge < -0.3 is 5.11 Å². The molecule has 0 unspecified atom stereocenters. The van der Waals surface area contributed by atoms with Gasteiger partial charge in [0, 0.05) is 0 Å². The molecule has 0 aliphatic rings. The molecule has 5 nitrogen and oxygen atoms in total. The number of halogens is 1. The lowest BCUT2D eigenvalue weighted by atomic mass is 10.4. The zero-order valence-corrected chi connectivity index (χ0v) is 7.01. The van der Waals surface area contributed by atoms with E-state index in [4.69, 9.17) is 5.11 Å². The summed E-state index contributed by atoms with van der Waals surface area (Å²) >= 11 is 0. The molecule has 0 amide bonds. The molecule has 0 saturated heterocycles. The van der Waals surface area contributed by atoms with Gasteiger partial charge in [-0.2, -0.15) is 4.39 Å². The van der Waals surface area contributed by atoms with E-state index in [1.165, 1.54) is 12.1 Å². The van der Waals surface area contributed by atoms with Crippen molar-refractivity contribution in [1.29, 1.82) is 0 Å². The van der Waals surface area contributed by atoms with Crippen LogP contribution >= 0.6 is 0 Å². The van der Waals surface area contributed by atoms with E-state index >= 15 is 0 Å². The highest BCUT2D eigenvalue weighted by Crippen LogP contribution is 2.07. The number of carboxylic acids is 1. The van der Waals surface area contributed by atoms with Gasteiger partial charge in [0.15, 0.2) is 11.5 Å². The van der Waals surface area contributed by atoms with Gasteiger partial charge in [0.1, 0.15) is 6.42 Å². The number of hydrogen-bond donors (Lipinski definition) is 1. The Hall–Kier alpha value is -1.98. The van der Waals surface area contributed by atoms with Crippen molar-refractivity contribution < 1.29 is 14.3 Å². The van der Waals surface area contributed by atoms with E-state index in [-0.39, 0.29) is 12.2 Å². The highest BCUT2D eigenvalue weighted by atomic mass is 19.1. The second kappa shape index (κ2) is 3.06. The van der Waals surface area contributed by atoms with Crippen LogP contribution in [0.5, 0.6) is 0 Å². The molecule has 0 saturated carbocycles. The van der Waals surface area contributed by atoms with Crippen molar-refractivity contribution >= 4 is 11.6 Å². The molecule has 2 rings (SSSR count). The average Bonchev–Trinajstić information content (AvgIpc) is 2.49. The van der Waals surface area contributed by atoms with Crippen molar-refractivity contribution in [3.63, 3.8) is 0 Å². The molecule has 72 valence electrons. The van der Waals surface area contributed by atoms with Gasteiger partial charge in [-0.05, 0) is 12.1 Å². The third kappa shape index (κ3) is 1.30. The number of hydrogen-bond acceptors (Lipinski definition) is 3. The lowest BCUT2D eigenvalue weighted by Crippen LogP contribution is -2.06. The van der Waals surface area contributed by atoms with Crippen LogP contribution in [0.1, 0.15) is 5.82 Å². The molecular formula is C8H6FN3O2. The molecule has 6 heteroatoms. The largest absolute Gasteiger partial charge is 0.481 e. The summed E-state index contributed by atoms with van der Waals surface area (Å²) in [5.41, 5.74) is 0.307. The molecule has 0 spiro atoms. The minimum atomic E-state index is -1.07. The second-order valence-corrected chi connectivity index (χ2v) is 2.73. The number of carboxylic acid groups (broad SMARTS) is 1. The predicted octanol–water partition coefficient (Wildman–Crippen LogP) is 0.495. The van der Waals surface area contributed by atoms with Crippen LogP contribution in [0.15, 0.2) is 18.2 Å². The summed E-state index contributed by atoms with van der Waals surface area (Å²) in [6.07, 6.45) is -0.345. The Morgan fingerprint density at radius 1 is 1.50 bits per heavy atom. The summed E-state index contributed by atoms with van der Waals surface area (Å²) in [5, 5.41) is 15.8. The van der Waals surface area contributed by atoms with Gasteiger partial charge in [-0.1, -0.05) is 6.07 Å². The van der Waals surface area contributed by atoms with Crippen LogP contribution < -0.4 is 0 Å². The standard InChI is InChI=1S/C8H6FN3O2/c9-5-2-1-3-6-10-11-7(12(5)6)4-8(13)14/h1-3H,4H2,(H,13,14). The van der Waals surface area contributed by atoms with Crippen LogP contribution in [0, 0.1) is 5.95 Å².